The van der Waals surface area contributed by atoms with Crippen LogP contribution in [0.3, 0.4) is 0 Å². The SMILES string of the molecule is Cc1cccc(C(C)C)c1Nc1cncc(C(=O)NC(C)C)c1. The molecule has 0 bridgehead atoms. The van der Waals surface area contributed by atoms with Gasteiger partial charge in [0.1, 0.15) is 0 Å². The summed E-state index contributed by atoms with van der Waals surface area (Å²) in [6.45, 7) is 10.3. The van der Waals surface area contributed by atoms with Gasteiger partial charge in [0.05, 0.1) is 17.4 Å². The summed E-state index contributed by atoms with van der Waals surface area (Å²) in [5, 5.41) is 6.31. The standard InChI is InChI=1S/C19H25N3O/c1-12(2)17-8-6-7-14(5)18(17)22-16-9-15(10-20-11-16)19(23)21-13(3)4/h6-13,22H,1-5H3,(H,21,23). The number of carbonyl (C=O) groups is 1. The van der Waals surface area contributed by atoms with Crippen molar-refractivity contribution in [2.75, 3.05) is 5.32 Å². The molecule has 0 saturated heterocycles. The number of benzene rings is 1. The lowest BCUT2D eigenvalue weighted by Crippen LogP contribution is -2.30. The van der Waals surface area contributed by atoms with E-state index in [1.807, 2.05) is 19.9 Å². The minimum absolute atomic E-state index is 0.100. The summed E-state index contributed by atoms with van der Waals surface area (Å²) in [5.74, 6) is 0.308. The van der Waals surface area contributed by atoms with E-state index in [0.29, 0.717) is 11.5 Å². The first-order chi connectivity index (χ1) is 10.9. The van der Waals surface area contributed by atoms with Gasteiger partial charge in [0.15, 0.2) is 0 Å². The Kier molecular flexibility index (Phi) is 5.37. The Morgan fingerprint density at radius 1 is 1.13 bits per heavy atom. The fourth-order valence-electron chi connectivity index (χ4n) is 2.46. The third-order valence-electron chi connectivity index (χ3n) is 3.62. The molecule has 1 amide bonds. The highest BCUT2D eigenvalue weighted by atomic mass is 16.1. The zero-order valence-corrected chi connectivity index (χ0v) is 14.5. The van der Waals surface area contributed by atoms with Crippen molar-refractivity contribution < 1.29 is 4.79 Å². The lowest BCUT2D eigenvalue weighted by atomic mass is 9.98. The molecule has 4 heteroatoms. The lowest BCUT2D eigenvalue weighted by Gasteiger charge is -2.17. The van der Waals surface area contributed by atoms with Crippen LogP contribution < -0.4 is 10.6 Å². The third-order valence-corrected chi connectivity index (χ3v) is 3.62. The molecule has 0 unspecified atom stereocenters. The van der Waals surface area contributed by atoms with Crippen LogP contribution in [0.5, 0.6) is 0 Å². The van der Waals surface area contributed by atoms with Gasteiger partial charge in [-0.05, 0) is 43.9 Å². The fraction of sp³-hybridized carbons (Fsp3) is 0.368. The van der Waals surface area contributed by atoms with Crippen LogP contribution in [0.1, 0.15) is 55.1 Å². The van der Waals surface area contributed by atoms with Gasteiger partial charge in [0.25, 0.3) is 5.91 Å². The van der Waals surface area contributed by atoms with Crippen molar-refractivity contribution in [2.45, 2.75) is 46.6 Å². The van der Waals surface area contributed by atoms with Crippen molar-refractivity contribution >= 4 is 17.3 Å². The average Bonchev–Trinajstić information content (AvgIpc) is 2.48. The minimum Gasteiger partial charge on any atom is -0.354 e. The zero-order valence-electron chi connectivity index (χ0n) is 14.5. The van der Waals surface area contributed by atoms with Crippen LogP contribution in [0.2, 0.25) is 0 Å². The number of rotatable bonds is 5. The van der Waals surface area contributed by atoms with Crippen LogP contribution in [0.4, 0.5) is 11.4 Å². The van der Waals surface area contributed by atoms with Crippen molar-refractivity contribution in [3.05, 3.63) is 53.3 Å². The highest BCUT2D eigenvalue weighted by molar-refractivity contribution is 5.95. The average molecular weight is 311 g/mol. The van der Waals surface area contributed by atoms with Gasteiger partial charge < -0.3 is 10.6 Å². The molecule has 0 radical (unpaired) electrons. The first kappa shape index (κ1) is 17.0. The van der Waals surface area contributed by atoms with Crippen LogP contribution >= 0.6 is 0 Å². The minimum atomic E-state index is -0.106. The molecule has 2 N–H and O–H groups in total. The molecule has 0 fully saturated rings. The van der Waals surface area contributed by atoms with Crippen LogP contribution in [0.15, 0.2) is 36.7 Å². The van der Waals surface area contributed by atoms with Gasteiger partial charge >= 0.3 is 0 Å². The Labute approximate surface area is 138 Å². The first-order valence-corrected chi connectivity index (χ1v) is 8.01. The number of hydrogen-bond donors (Lipinski definition) is 2. The number of nitrogens with zero attached hydrogens (tertiary/aromatic N) is 1. The fourth-order valence-corrected chi connectivity index (χ4v) is 2.46. The van der Waals surface area contributed by atoms with Gasteiger partial charge in [-0.15, -0.1) is 0 Å². The smallest absolute Gasteiger partial charge is 0.253 e. The molecular formula is C19H25N3O. The van der Waals surface area contributed by atoms with Crippen LogP contribution in [-0.2, 0) is 0 Å². The molecule has 1 heterocycles. The van der Waals surface area contributed by atoms with Crippen molar-refractivity contribution in [2.24, 2.45) is 0 Å². The van der Waals surface area contributed by atoms with Gasteiger partial charge in [-0.25, -0.2) is 0 Å². The van der Waals surface area contributed by atoms with Crippen molar-refractivity contribution in [3.8, 4) is 0 Å². The van der Waals surface area contributed by atoms with E-state index in [9.17, 15) is 4.79 Å². The van der Waals surface area contributed by atoms with Gasteiger partial charge in [0.2, 0.25) is 0 Å². The summed E-state index contributed by atoms with van der Waals surface area (Å²) in [4.78, 5) is 16.3. The molecule has 0 aliphatic carbocycles. The van der Waals surface area contributed by atoms with Crippen molar-refractivity contribution in [1.29, 1.82) is 0 Å². The molecule has 0 saturated carbocycles. The third kappa shape index (κ3) is 4.31. The van der Waals surface area contributed by atoms with E-state index >= 15 is 0 Å². The summed E-state index contributed by atoms with van der Waals surface area (Å²) in [6, 6.07) is 8.21. The van der Waals surface area contributed by atoms with Gasteiger partial charge in [-0.1, -0.05) is 32.0 Å². The first-order valence-electron chi connectivity index (χ1n) is 8.01. The second kappa shape index (κ2) is 7.27. The van der Waals surface area contributed by atoms with E-state index in [1.54, 1.807) is 12.4 Å². The molecule has 0 aliphatic rings. The summed E-state index contributed by atoms with van der Waals surface area (Å²) in [7, 11) is 0. The molecule has 122 valence electrons. The number of aryl methyl sites for hydroxylation is 1. The van der Waals surface area contributed by atoms with Crippen molar-refractivity contribution in [3.63, 3.8) is 0 Å². The Morgan fingerprint density at radius 2 is 1.87 bits per heavy atom. The van der Waals surface area contributed by atoms with Crippen LogP contribution in [0.25, 0.3) is 0 Å². The monoisotopic (exact) mass is 311 g/mol. The summed E-state index contributed by atoms with van der Waals surface area (Å²) < 4.78 is 0. The molecule has 0 atom stereocenters. The van der Waals surface area contributed by atoms with E-state index in [2.05, 4.69) is 54.6 Å². The number of hydrogen-bond acceptors (Lipinski definition) is 3. The number of para-hydroxylation sites is 1. The molecule has 0 spiro atoms. The van der Waals surface area contributed by atoms with Gasteiger partial charge in [0, 0.05) is 17.9 Å². The van der Waals surface area contributed by atoms with Gasteiger partial charge in [-0.2, -0.15) is 0 Å². The Balaban J connectivity index is 2.30. The number of pyridine rings is 1. The normalized spacial score (nSPS) is 10.9. The number of nitrogens with one attached hydrogen (secondary N) is 2. The maximum atomic E-state index is 12.1. The van der Waals surface area contributed by atoms with E-state index in [0.717, 1.165) is 11.4 Å². The molecular weight excluding hydrogens is 286 g/mol. The van der Waals surface area contributed by atoms with E-state index in [4.69, 9.17) is 0 Å². The predicted octanol–water partition coefficient (Wildman–Crippen LogP) is 4.40. The van der Waals surface area contributed by atoms with E-state index in [-0.39, 0.29) is 11.9 Å². The number of aromatic nitrogens is 1. The zero-order chi connectivity index (χ0) is 17.0. The highest BCUT2D eigenvalue weighted by Crippen LogP contribution is 2.30. The molecule has 2 aromatic rings. The maximum Gasteiger partial charge on any atom is 0.253 e. The highest BCUT2D eigenvalue weighted by Gasteiger charge is 2.12. The summed E-state index contributed by atoms with van der Waals surface area (Å²) >= 11 is 0. The van der Waals surface area contributed by atoms with Crippen molar-refractivity contribution in [1.82, 2.24) is 10.3 Å². The Morgan fingerprint density at radius 3 is 2.52 bits per heavy atom. The van der Waals surface area contributed by atoms with Gasteiger partial charge in [-0.3, -0.25) is 9.78 Å². The largest absolute Gasteiger partial charge is 0.354 e. The number of amides is 1. The molecule has 1 aromatic heterocycles. The summed E-state index contributed by atoms with van der Waals surface area (Å²) in [5.41, 5.74) is 4.89. The Bertz CT molecular complexity index is 693. The molecule has 4 nitrogen and oxygen atoms in total. The molecule has 1 aromatic carbocycles. The second-order valence-electron chi connectivity index (χ2n) is 6.41. The van der Waals surface area contributed by atoms with Crippen LogP contribution in [-0.4, -0.2) is 16.9 Å². The lowest BCUT2D eigenvalue weighted by molar-refractivity contribution is 0.0943. The quantitative estimate of drug-likeness (QED) is 0.860. The molecule has 2 rings (SSSR count). The number of anilines is 2. The number of carbonyl (C=O) groups excluding carboxylic acids is 1. The predicted molar refractivity (Wildman–Crippen MR) is 95.4 cm³/mol. The molecule has 23 heavy (non-hydrogen) atoms. The second-order valence-corrected chi connectivity index (χ2v) is 6.41. The van der Waals surface area contributed by atoms with Crippen LogP contribution in [0, 0.1) is 6.92 Å². The molecule has 0 aliphatic heterocycles. The van der Waals surface area contributed by atoms with E-state index in [1.165, 1.54) is 11.1 Å². The summed E-state index contributed by atoms with van der Waals surface area (Å²) in [6.07, 6.45) is 3.33. The Hall–Kier alpha value is -2.36. The van der Waals surface area contributed by atoms with E-state index < -0.39 is 0 Å². The topological polar surface area (TPSA) is 54.0 Å². The maximum absolute atomic E-state index is 12.1.